The Kier molecular flexibility index (Phi) is 4.72. The SMILES string of the molecule is C[C@H](NC(=O)Cc1coc2cc3c(cc12)CCC3)c1ccc(S(N)(=O)=O)cc1. The average Bonchev–Trinajstić information content (AvgIpc) is 3.25. The summed E-state index contributed by atoms with van der Waals surface area (Å²) in [6, 6.07) is 10.2. The van der Waals surface area contributed by atoms with Crippen LogP contribution in [0.3, 0.4) is 0 Å². The van der Waals surface area contributed by atoms with Crippen LogP contribution in [0, 0.1) is 0 Å². The van der Waals surface area contributed by atoms with Crippen LogP contribution in [0.25, 0.3) is 11.0 Å². The molecule has 7 heteroatoms. The normalized spacial score (nSPS) is 14.8. The highest BCUT2D eigenvalue weighted by molar-refractivity contribution is 7.89. The van der Waals surface area contributed by atoms with E-state index in [0.717, 1.165) is 34.9 Å². The van der Waals surface area contributed by atoms with Gasteiger partial charge in [-0.25, -0.2) is 13.6 Å². The third-order valence-electron chi connectivity index (χ3n) is 5.31. The van der Waals surface area contributed by atoms with Crippen LogP contribution in [-0.4, -0.2) is 14.3 Å². The van der Waals surface area contributed by atoms with E-state index in [0.29, 0.717) is 0 Å². The molecule has 0 bridgehead atoms. The van der Waals surface area contributed by atoms with Gasteiger partial charge in [0.1, 0.15) is 5.58 Å². The van der Waals surface area contributed by atoms with Gasteiger partial charge in [0.15, 0.2) is 0 Å². The average molecular weight is 398 g/mol. The van der Waals surface area contributed by atoms with E-state index in [1.165, 1.54) is 29.7 Å². The summed E-state index contributed by atoms with van der Waals surface area (Å²) in [4.78, 5) is 12.6. The molecule has 2 aromatic carbocycles. The van der Waals surface area contributed by atoms with E-state index in [-0.39, 0.29) is 23.3 Å². The summed E-state index contributed by atoms with van der Waals surface area (Å²) >= 11 is 0. The van der Waals surface area contributed by atoms with Crippen molar-refractivity contribution in [1.29, 1.82) is 0 Å². The van der Waals surface area contributed by atoms with Gasteiger partial charge in [0, 0.05) is 10.9 Å². The Morgan fingerprint density at radius 1 is 1.18 bits per heavy atom. The quantitative estimate of drug-likeness (QED) is 0.690. The predicted molar refractivity (Wildman–Crippen MR) is 106 cm³/mol. The lowest BCUT2D eigenvalue weighted by molar-refractivity contribution is -0.121. The van der Waals surface area contributed by atoms with Crippen LogP contribution >= 0.6 is 0 Å². The lowest BCUT2D eigenvalue weighted by atomic mass is 10.0. The highest BCUT2D eigenvalue weighted by Crippen LogP contribution is 2.30. The minimum absolute atomic E-state index is 0.0483. The van der Waals surface area contributed by atoms with Gasteiger partial charge in [0.05, 0.1) is 23.6 Å². The molecule has 6 nitrogen and oxygen atoms in total. The summed E-state index contributed by atoms with van der Waals surface area (Å²) < 4.78 is 28.4. The molecule has 1 heterocycles. The zero-order valence-electron chi connectivity index (χ0n) is 15.6. The fourth-order valence-corrected chi connectivity index (χ4v) is 4.30. The Bertz CT molecular complexity index is 1150. The molecule has 0 saturated heterocycles. The molecule has 4 rings (SSSR count). The summed E-state index contributed by atoms with van der Waals surface area (Å²) in [6.45, 7) is 1.85. The fraction of sp³-hybridized carbons (Fsp3) is 0.286. The van der Waals surface area contributed by atoms with E-state index >= 15 is 0 Å². The van der Waals surface area contributed by atoms with Crippen molar-refractivity contribution in [3.8, 4) is 0 Å². The molecule has 0 radical (unpaired) electrons. The molecule has 146 valence electrons. The van der Waals surface area contributed by atoms with Gasteiger partial charge in [-0.05, 0) is 67.1 Å². The number of carbonyl (C=O) groups excluding carboxylic acids is 1. The van der Waals surface area contributed by atoms with E-state index in [1.807, 2.05) is 6.92 Å². The highest BCUT2D eigenvalue weighted by atomic mass is 32.2. The van der Waals surface area contributed by atoms with Crippen LogP contribution in [0.2, 0.25) is 0 Å². The molecule has 0 fully saturated rings. The van der Waals surface area contributed by atoms with Crippen LogP contribution in [0.1, 0.15) is 41.6 Å². The number of aryl methyl sites for hydroxylation is 2. The first kappa shape index (κ1) is 18.7. The Labute approximate surface area is 163 Å². The van der Waals surface area contributed by atoms with Gasteiger partial charge >= 0.3 is 0 Å². The van der Waals surface area contributed by atoms with Gasteiger partial charge in [0.2, 0.25) is 15.9 Å². The van der Waals surface area contributed by atoms with Crippen molar-refractivity contribution in [2.75, 3.05) is 0 Å². The summed E-state index contributed by atoms with van der Waals surface area (Å²) in [6.07, 6.45) is 5.22. The first-order valence-electron chi connectivity index (χ1n) is 9.25. The van der Waals surface area contributed by atoms with Crippen molar-refractivity contribution in [3.05, 3.63) is 64.9 Å². The number of carbonyl (C=O) groups is 1. The van der Waals surface area contributed by atoms with Crippen LogP contribution in [0.5, 0.6) is 0 Å². The van der Waals surface area contributed by atoms with Crippen molar-refractivity contribution in [2.24, 2.45) is 5.14 Å². The third-order valence-corrected chi connectivity index (χ3v) is 6.23. The van der Waals surface area contributed by atoms with Gasteiger partial charge in [-0.3, -0.25) is 4.79 Å². The molecule has 0 saturated carbocycles. The first-order chi connectivity index (χ1) is 13.3. The molecule has 1 aliphatic carbocycles. The van der Waals surface area contributed by atoms with Crippen LogP contribution in [-0.2, 0) is 34.1 Å². The van der Waals surface area contributed by atoms with Gasteiger partial charge < -0.3 is 9.73 Å². The third kappa shape index (κ3) is 3.68. The molecular weight excluding hydrogens is 376 g/mol. The first-order valence-corrected chi connectivity index (χ1v) is 10.8. The number of nitrogens with one attached hydrogen (secondary N) is 1. The van der Waals surface area contributed by atoms with Crippen LogP contribution in [0.4, 0.5) is 0 Å². The van der Waals surface area contributed by atoms with Crippen molar-refractivity contribution >= 4 is 26.9 Å². The van der Waals surface area contributed by atoms with Gasteiger partial charge in [-0.1, -0.05) is 12.1 Å². The molecule has 0 spiro atoms. The summed E-state index contributed by atoms with van der Waals surface area (Å²) in [5.74, 6) is -0.119. The van der Waals surface area contributed by atoms with Crippen LogP contribution in [0.15, 0.2) is 52.0 Å². The number of benzene rings is 2. The molecule has 1 aliphatic rings. The number of amides is 1. The number of fused-ring (bicyclic) bond motifs is 2. The zero-order chi connectivity index (χ0) is 19.9. The van der Waals surface area contributed by atoms with E-state index in [2.05, 4.69) is 17.4 Å². The number of furan rings is 1. The Balaban J connectivity index is 1.46. The maximum Gasteiger partial charge on any atom is 0.238 e. The lowest BCUT2D eigenvalue weighted by Crippen LogP contribution is -2.28. The molecule has 1 aromatic heterocycles. The van der Waals surface area contributed by atoms with Crippen LogP contribution < -0.4 is 10.5 Å². The summed E-state index contributed by atoms with van der Waals surface area (Å²) in [7, 11) is -3.73. The molecule has 3 aromatic rings. The number of hydrogen-bond acceptors (Lipinski definition) is 4. The molecular formula is C21H22N2O4S. The van der Waals surface area contributed by atoms with Crippen molar-refractivity contribution in [2.45, 2.75) is 43.5 Å². The molecule has 3 N–H and O–H groups in total. The monoisotopic (exact) mass is 398 g/mol. The van der Waals surface area contributed by atoms with Gasteiger partial charge in [-0.2, -0.15) is 0 Å². The summed E-state index contributed by atoms with van der Waals surface area (Å²) in [5.41, 5.74) is 5.19. The molecule has 1 atom stereocenters. The topological polar surface area (TPSA) is 102 Å². The Morgan fingerprint density at radius 3 is 2.54 bits per heavy atom. The molecule has 28 heavy (non-hydrogen) atoms. The smallest absolute Gasteiger partial charge is 0.238 e. The maximum absolute atomic E-state index is 12.5. The van der Waals surface area contributed by atoms with E-state index in [1.54, 1.807) is 18.4 Å². The number of hydrogen-bond donors (Lipinski definition) is 2. The number of nitrogens with two attached hydrogens (primary N) is 1. The largest absolute Gasteiger partial charge is 0.464 e. The van der Waals surface area contributed by atoms with Crippen molar-refractivity contribution in [1.82, 2.24) is 5.32 Å². The van der Waals surface area contributed by atoms with E-state index in [9.17, 15) is 13.2 Å². The maximum atomic E-state index is 12.5. The minimum atomic E-state index is -3.73. The van der Waals surface area contributed by atoms with Gasteiger partial charge in [-0.15, -0.1) is 0 Å². The number of rotatable bonds is 5. The number of sulfonamides is 1. The highest BCUT2D eigenvalue weighted by Gasteiger charge is 2.18. The second kappa shape index (κ2) is 7.07. The Morgan fingerprint density at radius 2 is 1.86 bits per heavy atom. The standard InChI is InChI=1S/C21H22N2O4S/c1-13(14-5-7-18(8-6-14)28(22,25)26)23-21(24)11-17-12-27-20-10-16-4-2-3-15(16)9-19(17)20/h5-10,12-13H,2-4,11H2,1H3,(H,23,24)(H2,22,25,26)/t13-/m0/s1. The van der Waals surface area contributed by atoms with Gasteiger partial charge in [0.25, 0.3) is 0 Å². The van der Waals surface area contributed by atoms with Crippen molar-refractivity contribution < 1.29 is 17.6 Å². The predicted octanol–water partition coefficient (Wildman–Crippen LogP) is 2.99. The second-order valence-corrected chi connectivity index (χ2v) is 8.87. The van der Waals surface area contributed by atoms with E-state index < -0.39 is 10.0 Å². The molecule has 0 aliphatic heterocycles. The van der Waals surface area contributed by atoms with E-state index in [4.69, 9.17) is 9.56 Å². The Hall–Kier alpha value is -2.64. The summed E-state index contributed by atoms with van der Waals surface area (Å²) in [5, 5.41) is 9.06. The molecule has 1 amide bonds. The second-order valence-electron chi connectivity index (χ2n) is 7.31. The lowest BCUT2D eigenvalue weighted by Gasteiger charge is -2.14. The number of primary sulfonamides is 1. The van der Waals surface area contributed by atoms with Crippen molar-refractivity contribution in [3.63, 3.8) is 0 Å². The fourth-order valence-electron chi connectivity index (χ4n) is 3.78. The zero-order valence-corrected chi connectivity index (χ0v) is 16.4. The molecule has 0 unspecified atom stereocenters. The minimum Gasteiger partial charge on any atom is -0.464 e.